The summed E-state index contributed by atoms with van der Waals surface area (Å²) in [4.78, 5) is 28.1. The number of amides is 2. The lowest BCUT2D eigenvalue weighted by Gasteiger charge is -2.24. The van der Waals surface area contributed by atoms with E-state index in [1.807, 2.05) is 13.1 Å². The first-order chi connectivity index (χ1) is 10.6. The van der Waals surface area contributed by atoms with Crippen molar-refractivity contribution in [2.24, 2.45) is 0 Å². The third kappa shape index (κ3) is 3.11. The summed E-state index contributed by atoms with van der Waals surface area (Å²) >= 11 is 0. The van der Waals surface area contributed by atoms with Crippen molar-refractivity contribution in [2.45, 2.75) is 51.7 Å². The number of aryl methyl sites for hydroxylation is 1. The number of carbonyl (C=O) groups excluding carboxylic acids is 2. The number of aromatic nitrogens is 1. The van der Waals surface area contributed by atoms with Gasteiger partial charge in [0.15, 0.2) is 0 Å². The predicted molar refractivity (Wildman–Crippen MR) is 82.0 cm³/mol. The largest absolute Gasteiger partial charge is 0.350 e. The third-order valence-corrected chi connectivity index (χ3v) is 4.46. The molecule has 1 aromatic rings. The number of hydrogen-bond acceptors (Lipinski definition) is 4. The van der Waals surface area contributed by atoms with Gasteiger partial charge in [-0.1, -0.05) is 0 Å². The summed E-state index contributed by atoms with van der Waals surface area (Å²) in [6, 6.07) is -0.393. The van der Waals surface area contributed by atoms with Crippen molar-refractivity contribution in [2.75, 3.05) is 6.54 Å². The quantitative estimate of drug-likeness (QED) is 0.751. The van der Waals surface area contributed by atoms with Gasteiger partial charge in [0.2, 0.25) is 11.8 Å². The lowest BCUT2D eigenvalue weighted by atomic mass is 9.95. The number of nitrogens with one attached hydrogen (secondary N) is 3. The molecule has 0 unspecified atom stereocenters. The van der Waals surface area contributed by atoms with Gasteiger partial charge in [0, 0.05) is 31.4 Å². The second kappa shape index (κ2) is 6.44. The van der Waals surface area contributed by atoms with Gasteiger partial charge in [-0.3, -0.25) is 14.6 Å². The number of hydrogen-bond donors (Lipinski definition) is 3. The monoisotopic (exact) mass is 302 g/mol. The Bertz CT molecular complexity index is 600. The van der Waals surface area contributed by atoms with Crippen molar-refractivity contribution < 1.29 is 9.59 Å². The molecular formula is C16H22N4O2. The normalized spacial score (nSPS) is 21.0. The topological polar surface area (TPSA) is 83.1 Å². The average Bonchev–Trinajstić information content (AvgIpc) is 2.53. The summed E-state index contributed by atoms with van der Waals surface area (Å²) in [5.74, 6) is -0.133. The molecule has 6 heteroatoms. The highest BCUT2D eigenvalue weighted by Gasteiger charge is 2.25. The maximum atomic E-state index is 12.2. The zero-order chi connectivity index (χ0) is 15.5. The molecule has 3 rings (SSSR count). The molecule has 1 saturated heterocycles. The second-order valence-electron chi connectivity index (χ2n) is 5.98. The van der Waals surface area contributed by atoms with Crippen LogP contribution < -0.4 is 16.0 Å². The summed E-state index contributed by atoms with van der Waals surface area (Å²) < 4.78 is 0. The average molecular weight is 302 g/mol. The molecule has 0 bridgehead atoms. The minimum Gasteiger partial charge on any atom is -0.350 e. The summed E-state index contributed by atoms with van der Waals surface area (Å²) in [5, 5.41) is 9.05. The molecule has 6 nitrogen and oxygen atoms in total. The van der Waals surface area contributed by atoms with Gasteiger partial charge in [-0.05, 0) is 49.4 Å². The standard InChI is InChI=1S/C16H22N4O2/c1-10-13(12-5-6-17-7-11(12)8-18-10)9-19-16(22)14-3-2-4-15(21)20-14/h8,14,17H,2-7,9H2,1H3,(H,19,22)(H,20,21)/t14-/m0/s1. The third-order valence-electron chi connectivity index (χ3n) is 4.46. The van der Waals surface area contributed by atoms with E-state index >= 15 is 0 Å². The van der Waals surface area contributed by atoms with Crippen LogP contribution in [0.4, 0.5) is 0 Å². The number of piperidine rings is 1. The molecule has 0 saturated carbocycles. The fraction of sp³-hybridized carbons (Fsp3) is 0.562. The van der Waals surface area contributed by atoms with Gasteiger partial charge in [0.25, 0.3) is 0 Å². The molecule has 0 radical (unpaired) electrons. The van der Waals surface area contributed by atoms with E-state index in [-0.39, 0.29) is 11.8 Å². The van der Waals surface area contributed by atoms with Crippen molar-refractivity contribution in [3.05, 3.63) is 28.6 Å². The summed E-state index contributed by atoms with van der Waals surface area (Å²) in [6.45, 7) is 4.25. The predicted octanol–water partition coefficient (Wildman–Crippen LogP) is 0.321. The molecule has 3 N–H and O–H groups in total. The number of rotatable bonds is 3. The molecule has 2 aliphatic rings. The Kier molecular flexibility index (Phi) is 4.38. The number of pyridine rings is 1. The molecule has 1 atom stereocenters. The number of fused-ring (bicyclic) bond motifs is 1. The van der Waals surface area contributed by atoms with Crippen molar-refractivity contribution in [1.29, 1.82) is 0 Å². The van der Waals surface area contributed by atoms with Gasteiger partial charge in [-0.15, -0.1) is 0 Å². The molecule has 0 aromatic carbocycles. The van der Waals surface area contributed by atoms with E-state index in [0.717, 1.165) is 37.2 Å². The van der Waals surface area contributed by atoms with E-state index in [1.165, 1.54) is 11.1 Å². The molecule has 2 aliphatic heterocycles. The Morgan fingerprint density at radius 2 is 2.32 bits per heavy atom. The molecular weight excluding hydrogens is 280 g/mol. The first-order valence-corrected chi connectivity index (χ1v) is 7.89. The molecule has 1 aromatic heterocycles. The SMILES string of the molecule is Cc1ncc2c(c1CNC(=O)[C@@H]1CCCC(=O)N1)CCNC2. The smallest absolute Gasteiger partial charge is 0.242 e. The van der Waals surface area contributed by atoms with E-state index in [0.29, 0.717) is 19.4 Å². The van der Waals surface area contributed by atoms with E-state index in [4.69, 9.17) is 0 Å². The Morgan fingerprint density at radius 1 is 1.45 bits per heavy atom. The van der Waals surface area contributed by atoms with Crippen LogP contribution in [0.25, 0.3) is 0 Å². The van der Waals surface area contributed by atoms with Crippen molar-refractivity contribution in [1.82, 2.24) is 20.9 Å². The van der Waals surface area contributed by atoms with Gasteiger partial charge < -0.3 is 16.0 Å². The Labute approximate surface area is 130 Å². The minimum atomic E-state index is -0.393. The van der Waals surface area contributed by atoms with E-state index in [2.05, 4.69) is 20.9 Å². The lowest BCUT2D eigenvalue weighted by Crippen LogP contribution is -2.48. The molecule has 0 aliphatic carbocycles. The van der Waals surface area contributed by atoms with Crippen LogP contribution in [0.3, 0.4) is 0 Å². The van der Waals surface area contributed by atoms with E-state index in [1.54, 1.807) is 0 Å². The van der Waals surface area contributed by atoms with Crippen LogP contribution in [0, 0.1) is 6.92 Å². The van der Waals surface area contributed by atoms with Gasteiger partial charge in [-0.2, -0.15) is 0 Å². The van der Waals surface area contributed by atoms with Gasteiger partial charge in [0.05, 0.1) is 0 Å². The molecule has 1 fully saturated rings. The van der Waals surface area contributed by atoms with E-state index < -0.39 is 6.04 Å². The van der Waals surface area contributed by atoms with Crippen molar-refractivity contribution >= 4 is 11.8 Å². The molecule has 22 heavy (non-hydrogen) atoms. The van der Waals surface area contributed by atoms with Crippen LogP contribution in [-0.4, -0.2) is 29.4 Å². The van der Waals surface area contributed by atoms with Gasteiger partial charge >= 0.3 is 0 Å². The van der Waals surface area contributed by atoms with E-state index in [9.17, 15) is 9.59 Å². The number of nitrogens with zero attached hydrogens (tertiary/aromatic N) is 1. The first kappa shape index (κ1) is 15.0. The fourth-order valence-electron chi connectivity index (χ4n) is 3.18. The highest BCUT2D eigenvalue weighted by Crippen LogP contribution is 2.20. The number of carbonyl (C=O) groups is 2. The molecule has 3 heterocycles. The Hall–Kier alpha value is -1.95. The highest BCUT2D eigenvalue weighted by atomic mass is 16.2. The summed E-state index contributed by atoms with van der Waals surface area (Å²) in [6.07, 6.45) is 4.89. The highest BCUT2D eigenvalue weighted by molar-refractivity contribution is 5.88. The van der Waals surface area contributed by atoms with Crippen molar-refractivity contribution in [3.63, 3.8) is 0 Å². The summed E-state index contributed by atoms with van der Waals surface area (Å²) in [7, 11) is 0. The minimum absolute atomic E-state index is 0.0348. The second-order valence-corrected chi connectivity index (χ2v) is 5.98. The lowest BCUT2D eigenvalue weighted by molar-refractivity contribution is -0.131. The zero-order valence-electron chi connectivity index (χ0n) is 12.9. The van der Waals surface area contributed by atoms with Crippen LogP contribution in [0.5, 0.6) is 0 Å². The van der Waals surface area contributed by atoms with Crippen LogP contribution in [-0.2, 0) is 29.1 Å². The van der Waals surface area contributed by atoms with Crippen LogP contribution >= 0.6 is 0 Å². The molecule has 0 spiro atoms. The van der Waals surface area contributed by atoms with Crippen LogP contribution in [0.2, 0.25) is 0 Å². The Balaban J connectivity index is 1.68. The summed E-state index contributed by atoms with van der Waals surface area (Å²) in [5.41, 5.74) is 4.61. The molecule has 2 amide bonds. The first-order valence-electron chi connectivity index (χ1n) is 7.89. The van der Waals surface area contributed by atoms with Gasteiger partial charge in [-0.25, -0.2) is 0 Å². The van der Waals surface area contributed by atoms with Gasteiger partial charge in [0.1, 0.15) is 6.04 Å². The maximum absolute atomic E-state index is 12.2. The zero-order valence-corrected chi connectivity index (χ0v) is 12.9. The van der Waals surface area contributed by atoms with Crippen molar-refractivity contribution in [3.8, 4) is 0 Å². The molecule has 118 valence electrons. The fourth-order valence-corrected chi connectivity index (χ4v) is 3.18. The van der Waals surface area contributed by atoms with Crippen LogP contribution in [0.1, 0.15) is 41.6 Å². The maximum Gasteiger partial charge on any atom is 0.242 e. The van der Waals surface area contributed by atoms with Crippen LogP contribution in [0.15, 0.2) is 6.20 Å². The Morgan fingerprint density at radius 3 is 3.14 bits per heavy atom.